The predicted octanol–water partition coefficient (Wildman–Crippen LogP) is 2.22. The van der Waals surface area contributed by atoms with Crippen molar-refractivity contribution in [3.63, 3.8) is 0 Å². The molecule has 0 aromatic carbocycles. The number of rotatable bonds is 6. The highest BCUT2D eigenvalue weighted by Crippen LogP contribution is 2.37. The number of esters is 1. The minimum Gasteiger partial charge on any atom is -0.469 e. The number of hydrogen-bond donors (Lipinski definition) is 0. The maximum absolute atomic E-state index is 11.2. The first-order valence-corrected chi connectivity index (χ1v) is 8.77. The summed E-state index contributed by atoms with van der Waals surface area (Å²) in [4.78, 5) is 21.4. The summed E-state index contributed by atoms with van der Waals surface area (Å²) in [7, 11) is -0.865. The summed E-state index contributed by atoms with van der Waals surface area (Å²) >= 11 is 0. The van der Waals surface area contributed by atoms with Gasteiger partial charge in [0.25, 0.3) is 0 Å². The molecular formula is C11H23NO5Si. The molecule has 0 aliphatic heterocycles. The largest absolute Gasteiger partial charge is 0.469 e. The summed E-state index contributed by atoms with van der Waals surface area (Å²) in [5.41, 5.74) is 0. The highest BCUT2D eigenvalue weighted by molar-refractivity contribution is 6.74. The van der Waals surface area contributed by atoms with Crippen molar-refractivity contribution in [2.75, 3.05) is 13.7 Å². The van der Waals surface area contributed by atoms with Crippen LogP contribution in [0.15, 0.2) is 0 Å². The Bertz CT molecular complexity index is 311. The van der Waals surface area contributed by atoms with Gasteiger partial charge in [0.15, 0.2) is 8.32 Å². The van der Waals surface area contributed by atoms with Gasteiger partial charge in [0.2, 0.25) is 6.54 Å². The lowest BCUT2D eigenvalue weighted by molar-refractivity contribution is -0.489. The van der Waals surface area contributed by atoms with E-state index in [9.17, 15) is 14.9 Å². The topological polar surface area (TPSA) is 78.7 Å². The first-order valence-electron chi connectivity index (χ1n) is 5.86. The second-order valence-electron chi connectivity index (χ2n) is 5.80. The smallest absolute Gasteiger partial charge is 0.308 e. The molecule has 0 fully saturated rings. The van der Waals surface area contributed by atoms with Gasteiger partial charge < -0.3 is 9.16 Å². The molecule has 0 unspecified atom stereocenters. The Kier molecular flexibility index (Phi) is 5.95. The Hall–Kier alpha value is -0.953. The van der Waals surface area contributed by atoms with Crippen molar-refractivity contribution >= 4 is 14.3 Å². The zero-order valence-corrected chi connectivity index (χ0v) is 13.0. The van der Waals surface area contributed by atoms with Crippen LogP contribution < -0.4 is 0 Å². The third-order valence-electron chi connectivity index (χ3n) is 3.24. The van der Waals surface area contributed by atoms with Crippen LogP contribution in [0.1, 0.15) is 27.2 Å². The van der Waals surface area contributed by atoms with Crippen molar-refractivity contribution in [1.29, 1.82) is 0 Å². The SMILES string of the molecule is COC(=O)C[C@H](C[N+](=O)[O-])O[Si](C)(C)C(C)(C)C. The molecule has 0 spiro atoms. The molecule has 0 heterocycles. The third kappa shape index (κ3) is 5.59. The molecule has 7 heteroatoms. The molecule has 0 saturated heterocycles. The molecule has 106 valence electrons. The van der Waals surface area contributed by atoms with Crippen LogP contribution >= 0.6 is 0 Å². The zero-order valence-electron chi connectivity index (χ0n) is 12.0. The molecule has 1 atom stereocenters. The molecule has 18 heavy (non-hydrogen) atoms. The number of ether oxygens (including phenoxy) is 1. The molecule has 0 amide bonds. The van der Waals surface area contributed by atoms with Crippen LogP contribution in [0.25, 0.3) is 0 Å². The van der Waals surface area contributed by atoms with Crippen molar-refractivity contribution in [3.05, 3.63) is 10.1 Å². The van der Waals surface area contributed by atoms with Crippen LogP contribution in [0.4, 0.5) is 0 Å². The van der Waals surface area contributed by atoms with Crippen molar-refractivity contribution in [2.45, 2.75) is 51.4 Å². The Morgan fingerprint density at radius 1 is 1.39 bits per heavy atom. The van der Waals surface area contributed by atoms with Gasteiger partial charge in [0, 0.05) is 4.92 Å². The molecule has 0 bridgehead atoms. The summed E-state index contributed by atoms with van der Waals surface area (Å²) in [5, 5.41) is 10.5. The first kappa shape index (κ1) is 17.0. The minimum absolute atomic E-state index is 0.0576. The fourth-order valence-corrected chi connectivity index (χ4v) is 2.52. The minimum atomic E-state index is -2.13. The van der Waals surface area contributed by atoms with Gasteiger partial charge in [-0.25, -0.2) is 0 Å². The molecule has 0 saturated carbocycles. The lowest BCUT2D eigenvalue weighted by Gasteiger charge is -2.38. The van der Waals surface area contributed by atoms with Gasteiger partial charge in [-0.1, -0.05) is 20.8 Å². The molecular weight excluding hydrogens is 254 g/mol. The van der Waals surface area contributed by atoms with Crippen LogP contribution in [-0.2, 0) is 14.0 Å². The van der Waals surface area contributed by atoms with E-state index in [1.54, 1.807) is 0 Å². The molecule has 0 aromatic heterocycles. The van der Waals surface area contributed by atoms with Crippen LogP contribution in [0, 0.1) is 10.1 Å². The van der Waals surface area contributed by atoms with Gasteiger partial charge >= 0.3 is 5.97 Å². The van der Waals surface area contributed by atoms with E-state index in [0.717, 1.165) is 0 Å². The van der Waals surface area contributed by atoms with Crippen LogP contribution in [0.3, 0.4) is 0 Å². The number of hydrogen-bond acceptors (Lipinski definition) is 5. The van der Waals surface area contributed by atoms with Gasteiger partial charge in [-0.2, -0.15) is 0 Å². The van der Waals surface area contributed by atoms with Gasteiger partial charge in [0.05, 0.1) is 13.5 Å². The Labute approximate surface area is 109 Å². The third-order valence-corrected chi connectivity index (χ3v) is 7.78. The number of methoxy groups -OCH3 is 1. The lowest BCUT2D eigenvalue weighted by atomic mass is 10.2. The average molecular weight is 277 g/mol. The van der Waals surface area contributed by atoms with Gasteiger partial charge in [-0.3, -0.25) is 14.9 Å². The first-order chi connectivity index (χ1) is 7.99. The van der Waals surface area contributed by atoms with Crippen LogP contribution in [-0.4, -0.2) is 39.0 Å². The van der Waals surface area contributed by atoms with E-state index >= 15 is 0 Å². The molecule has 0 aromatic rings. The van der Waals surface area contributed by atoms with E-state index in [1.165, 1.54) is 7.11 Å². The quantitative estimate of drug-likeness (QED) is 0.322. The average Bonchev–Trinajstić information content (AvgIpc) is 2.13. The van der Waals surface area contributed by atoms with E-state index < -0.39 is 25.3 Å². The van der Waals surface area contributed by atoms with E-state index in [-0.39, 0.29) is 18.0 Å². The summed E-state index contributed by atoms with van der Waals surface area (Å²) < 4.78 is 10.4. The molecule has 6 nitrogen and oxygen atoms in total. The van der Waals surface area contributed by atoms with E-state index in [0.29, 0.717) is 0 Å². The normalized spacial score (nSPS) is 14.1. The molecule has 0 aliphatic carbocycles. The monoisotopic (exact) mass is 277 g/mol. The van der Waals surface area contributed by atoms with Gasteiger partial charge in [-0.05, 0) is 18.1 Å². The molecule has 0 N–H and O–H groups in total. The van der Waals surface area contributed by atoms with Crippen LogP contribution in [0.5, 0.6) is 0 Å². The highest BCUT2D eigenvalue weighted by atomic mass is 28.4. The Balaban J connectivity index is 4.78. The lowest BCUT2D eigenvalue weighted by Crippen LogP contribution is -2.46. The van der Waals surface area contributed by atoms with Gasteiger partial charge in [-0.15, -0.1) is 0 Å². The van der Waals surface area contributed by atoms with Gasteiger partial charge in [0.1, 0.15) is 6.10 Å². The highest BCUT2D eigenvalue weighted by Gasteiger charge is 2.40. The summed E-state index contributed by atoms with van der Waals surface area (Å²) in [6.45, 7) is 9.75. The maximum Gasteiger partial charge on any atom is 0.308 e. The number of carbonyl (C=O) groups excluding carboxylic acids is 1. The summed E-state index contributed by atoms with van der Waals surface area (Å²) in [6.07, 6.45) is -0.794. The maximum atomic E-state index is 11.2. The summed E-state index contributed by atoms with van der Waals surface area (Å²) in [6, 6.07) is 0. The second kappa shape index (κ2) is 6.28. The molecule has 0 rings (SSSR count). The predicted molar refractivity (Wildman–Crippen MR) is 70.6 cm³/mol. The standard InChI is InChI=1S/C11H23NO5Si/c1-11(2,3)18(5,6)17-9(8-12(14)15)7-10(13)16-4/h9H,7-8H2,1-6H3/t9-/m1/s1. The molecule has 0 aliphatic rings. The van der Waals surface area contributed by atoms with E-state index in [1.807, 2.05) is 33.9 Å². The number of carbonyl (C=O) groups is 1. The van der Waals surface area contributed by atoms with Crippen molar-refractivity contribution < 1.29 is 18.9 Å². The number of nitrogens with zero attached hydrogens (tertiary/aromatic N) is 1. The van der Waals surface area contributed by atoms with Crippen molar-refractivity contribution in [2.24, 2.45) is 0 Å². The number of nitro groups is 1. The van der Waals surface area contributed by atoms with Crippen LogP contribution in [0.2, 0.25) is 18.1 Å². The molecule has 0 radical (unpaired) electrons. The Morgan fingerprint density at radius 3 is 2.22 bits per heavy atom. The van der Waals surface area contributed by atoms with Crippen molar-refractivity contribution in [3.8, 4) is 0 Å². The zero-order chi connectivity index (χ0) is 14.6. The van der Waals surface area contributed by atoms with E-state index in [2.05, 4.69) is 4.74 Å². The Morgan fingerprint density at radius 2 is 1.89 bits per heavy atom. The fourth-order valence-electron chi connectivity index (χ4n) is 1.17. The second-order valence-corrected chi connectivity index (χ2v) is 10.6. The fraction of sp³-hybridized carbons (Fsp3) is 0.909. The van der Waals surface area contributed by atoms with E-state index in [4.69, 9.17) is 4.43 Å². The van der Waals surface area contributed by atoms with Crippen molar-refractivity contribution in [1.82, 2.24) is 0 Å². The summed E-state index contributed by atoms with van der Waals surface area (Å²) in [5.74, 6) is -0.486.